The molecule has 0 saturated heterocycles. The van der Waals surface area contributed by atoms with E-state index >= 15 is 0 Å². The second kappa shape index (κ2) is 41.7. The summed E-state index contributed by atoms with van der Waals surface area (Å²) in [4.78, 5) is 22.1. The number of unbranched alkanes of at least 4 members (excludes halogenated alkanes) is 7. The van der Waals surface area contributed by atoms with Crippen LogP contribution in [0.15, 0.2) is 0 Å². The van der Waals surface area contributed by atoms with E-state index < -0.39 is 33.7 Å². The molecule has 0 aliphatic carbocycles. The van der Waals surface area contributed by atoms with Gasteiger partial charge in [0.1, 0.15) is 16.7 Å². The van der Waals surface area contributed by atoms with E-state index in [0.29, 0.717) is 79.3 Å². The largest absolute Gasteiger partial charge is 1.00 e. The van der Waals surface area contributed by atoms with E-state index in [2.05, 4.69) is 18.6 Å². The van der Waals surface area contributed by atoms with Crippen LogP contribution in [-0.4, -0.2) is 142 Å². The third-order valence-corrected chi connectivity index (χ3v) is 7.92. The Labute approximate surface area is 350 Å². The summed E-state index contributed by atoms with van der Waals surface area (Å²) in [6, 6.07) is 0. The molecular weight excluding hydrogens is 714 g/mol. The maximum atomic E-state index is 11.6. The Morgan fingerprint density at radius 3 is 1.10 bits per heavy atom. The van der Waals surface area contributed by atoms with Gasteiger partial charge >= 0.3 is 65.1 Å². The number of hydrogen-bond donors (Lipinski definition) is 0. The van der Waals surface area contributed by atoms with Crippen LogP contribution in [0, 0.1) is 5.92 Å². The van der Waals surface area contributed by atoms with Crippen molar-refractivity contribution in [3.05, 3.63) is 0 Å². The van der Waals surface area contributed by atoms with Crippen molar-refractivity contribution in [2.75, 3.05) is 112 Å². The number of esters is 1. The maximum absolute atomic E-state index is 11.6. The van der Waals surface area contributed by atoms with Crippen LogP contribution >= 0.6 is 0 Å². The third kappa shape index (κ3) is 43.1. The van der Waals surface area contributed by atoms with Gasteiger partial charge in [-0.2, -0.15) is 0 Å². The quantitative estimate of drug-likeness (QED) is 0.0253. The zero-order valence-electron chi connectivity index (χ0n) is 31.8. The van der Waals surface area contributed by atoms with E-state index in [1.54, 1.807) is 0 Å². The van der Waals surface area contributed by atoms with Gasteiger partial charge in [0.2, 0.25) is 0 Å². The summed E-state index contributed by atoms with van der Waals surface area (Å²) in [5.74, 6) is -2.49. The van der Waals surface area contributed by atoms with Gasteiger partial charge in [-0.25, -0.2) is 8.42 Å². The topological polar surface area (TPSA) is 197 Å². The fourth-order valence-electron chi connectivity index (χ4n) is 4.21. The standard InChI is InChI=1S/C33H64O15S.2Na/c1-30(2)11-9-7-5-3-4-6-8-10-12-40-13-14-41-15-16-42-17-18-43-19-20-44-21-22-45-23-24-46-25-26-47-27-28-48-33(36)31(29-32(34)35)49(37,38)39;;/h30-31H,3-29H2,1-2H3,(H,34,35)(H,37,38,39);;/q;2*+1/p-2. The predicted octanol–water partition coefficient (Wildman–Crippen LogP) is -4.11. The van der Waals surface area contributed by atoms with E-state index in [0.717, 1.165) is 18.9 Å². The van der Waals surface area contributed by atoms with E-state index in [-0.39, 0.29) is 85.5 Å². The number of hydrogen-bond acceptors (Lipinski definition) is 15. The van der Waals surface area contributed by atoms with Gasteiger partial charge in [0.15, 0.2) is 5.25 Å². The van der Waals surface area contributed by atoms with Crippen LogP contribution in [0.4, 0.5) is 0 Å². The molecule has 0 saturated carbocycles. The van der Waals surface area contributed by atoms with Crippen LogP contribution in [-0.2, 0) is 62.3 Å². The van der Waals surface area contributed by atoms with E-state index in [1.165, 1.54) is 51.4 Å². The summed E-state index contributed by atoms with van der Waals surface area (Å²) in [5.41, 5.74) is 0. The molecule has 0 aromatic rings. The molecule has 0 aromatic carbocycles. The number of aliphatic carboxylic acids is 1. The summed E-state index contributed by atoms with van der Waals surface area (Å²) in [6.45, 7) is 10.9. The van der Waals surface area contributed by atoms with Gasteiger partial charge in [-0.05, 0) is 12.3 Å². The van der Waals surface area contributed by atoms with Crippen LogP contribution in [0.2, 0.25) is 0 Å². The zero-order chi connectivity index (χ0) is 36.3. The average Bonchev–Trinajstić information content (AvgIpc) is 3.04. The Bertz CT molecular complexity index is 869. The van der Waals surface area contributed by atoms with Crippen molar-refractivity contribution in [3.63, 3.8) is 0 Å². The Morgan fingerprint density at radius 2 is 0.784 bits per heavy atom. The zero-order valence-corrected chi connectivity index (χ0v) is 36.6. The second-order valence-electron chi connectivity index (χ2n) is 11.6. The number of rotatable bonds is 39. The van der Waals surface area contributed by atoms with Crippen LogP contribution in [0.5, 0.6) is 0 Å². The van der Waals surface area contributed by atoms with E-state index in [1.807, 2.05) is 0 Å². The van der Waals surface area contributed by atoms with Crippen LogP contribution in [0.1, 0.15) is 78.1 Å². The van der Waals surface area contributed by atoms with Gasteiger partial charge in [0.25, 0.3) is 0 Å². The molecule has 0 aliphatic rings. The van der Waals surface area contributed by atoms with Gasteiger partial charge in [-0.1, -0.05) is 65.2 Å². The van der Waals surface area contributed by atoms with Crippen molar-refractivity contribution in [3.8, 4) is 0 Å². The fourth-order valence-corrected chi connectivity index (χ4v) is 4.85. The molecule has 0 aromatic heterocycles. The molecule has 0 N–H and O–H groups in total. The molecule has 0 aliphatic heterocycles. The Kier molecular flexibility index (Phi) is 45.7. The van der Waals surface area contributed by atoms with Gasteiger partial charge < -0.3 is 57.1 Å². The molecular formula is C33H62Na2O15S. The average molecular weight is 777 g/mol. The first-order chi connectivity index (χ1) is 23.6. The van der Waals surface area contributed by atoms with Gasteiger partial charge in [-0.3, -0.25) is 4.79 Å². The normalized spacial score (nSPS) is 12.0. The minimum absolute atomic E-state index is 0. The summed E-state index contributed by atoms with van der Waals surface area (Å²) in [5, 5.41) is 8.15. The fraction of sp³-hybridized carbons (Fsp3) is 0.939. The smallest absolute Gasteiger partial charge is 0.747 e. The minimum Gasteiger partial charge on any atom is -0.747 e. The molecule has 1 unspecified atom stereocenters. The molecule has 1 atom stereocenters. The first-order valence-electron chi connectivity index (χ1n) is 17.6. The summed E-state index contributed by atoms with van der Waals surface area (Å²) < 4.78 is 80.9. The van der Waals surface area contributed by atoms with Crippen LogP contribution < -0.4 is 64.2 Å². The molecule has 0 bridgehead atoms. The predicted molar refractivity (Wildman–Crippen MR) is 177 cm³/mol. The second-order valence-corrected chi connectivity index (χ2v) is 13.2. The maximum Gasteiger partial charge on any atom is 1.00 e. The molecule has 0 spiro atoms. The number of ether oxygens (including phenoxy) is 9. The van der Waals surface area contributed by atoms with Crippen molar-refractivity contribution in [1.29, 1.82) is 0 Å². The van der Waals surface area contributed by atoms with Crippen molar-refractivity contribution in [2.45, 2.75) is 83.3 Å². The summed E-state index contributed by atoms with van der Waals surface area (Å²) in [7, 11) is -5.18. The van der Waals surface area contributed by atoms with Gasteiger partial charge in [0.05, 0.1) is 99.1 Å². The van der Waals surface area contributed by atoms with Crippen molar-refractivity contribution in [1.82, 2.24) is 0 Å². The molecule has 292 valence electrons. The first kappa shape index (κ1) is 55.9. The SMILES string of the molecule is CC(C)CCCCCCCCCCOCCOCCOCCOCCOCCOCCOCCOCCOC(=O)C(CC(=O)[O-])S(=O)(=O)[O-].[Na+].[Na+]. The summed E-state index contributed by atoms with van der Waals surface area (Å²) >= 11 is 0. The van der Waals surface area contributed by atoms with Crippen molar-refractivity contribution in [2.24, 2.45) is 5.92 Å². The van der Waals surface area contributed by atoms with E-state index in [4.69, 9.17) is 37.9 Å². The summed E-state index contributed by atoms with van der Waals surface area (Å²) in [6.07, 6.45) is 10.6. The molecule has 51 heavy (non-hydrogen) atoms. The van der Waals surface area contributed by atoms with Gasteiger partial charge in [-0.15, -0.1) is 0 Å². The van der Waals surface area contributed by atoms with Crippen LogP contribution in [0.25, 0.3) is 0 Å². The minimum atomic E-state index is -5.18. The molecule has 0 amide bonds. The van der Waals surface area contributed by atoms with Crippen molar-refractivity contribution >= 4 is 22.1 Å². The first-order valence-corrected chi connectivity index (χ1v) is 19.0. The molecule has 0 radical (unpaired) electrons. The van der Waals surface area contributed by atoms with Crippen LogP contribution in [0.3, 0.4) is 0 Å². The number of carboxylic acid groups (broad SMARTS) is 1. The van der Waals surface area contributed by atoms with E-state index in [9.17, 15) is 27.7 Å². The molecule has 18 heteroatoms. The number of carbonyl (C=O) groups excluding carboxylic acids is 2. The Morgan fingerprint density at radius 1 is 0.490 bits per heavy atom. The number of carboxylic acids is 1. The van der Waals surface area contributed by atoms with Gasteiger partial charge in [0, 0.05) is 19.0 Å². The monoisotopic (exact) mass is 776 g/mol. The van der Waals surface area contributed by atoms with Crippen molar-refractivity contribution < 1.29 is 129 Å². The molecule has 15 nitrogen and oxygen atoms in total. The molecule has 0 fully saturated rings. The molecule has 0 heterocycles. The molecule has 0 rings (SSSR count). The Hall–Kier alpha value is 0.530. The Balaban J connectivity index is -0.0000115. The number of carbonyl (C=O) groups is 2. The third-order valence-electron chi connectivity index (χ3n) is 6.86.